The topological polar surface area (TPSA) is 72.5 Å². The molecular formula is C24H21N3O3S2. The van der Waals surface area contributed by atoms with Crippen molar-refractivity contribution in [2.45, 2.75) is 6.92 Å². The van der Waals surface area contributed by atoms with E-state index in [9.17, 15) is 4.79 Å². The number of hydrogen-bond acceptors (Lipinski definition) is 6. The molecule has 32 heavy (non-hydrogen) atoms. The average molecular weight is 464 g/mol. The van der Waals surface area contributed by atoms with E-state index in [0.717, 1.165) is 21.8 Å². The van der Waals surface area contributed by atoms with Crippen LogP contribution < -0.4 is 20.1 Å². The van der Waals surface area contributed by atoms with Crippen molar-refractivity contribution in [2.24, 2.45) is 0 Å². The van der Waals surface area contributed by atoms with Gasteiger partial charge in [-0.3, -0.25) is 10.1 Å². The summed E-state index contributed by atoms with van der Waals surface area (Å²) in [6.45, 7) is 1.89. The van der Waals surface area contributed by atoms with Gasteiger partial charge in [-0.15, -0.1) is 11.3 Å². The number of thiocarbonyl (C=S) groups is 1. The number of carbonyl (C=O) groups is 1. The molecule has 6 nitrogen and oxygen atoms in total. The largest absolute Gasteiger partial charge is 0.493 e. The number of nitrogens with zero attached hydrogens (tertiary/aromatic N) is 1. The Morgan fingerprint density at radius 3 is 2.56 bits per heavy atom. The summed E-state index contributed by atoms with van der Waals surface area (Å²) in [7, 11) is 1.55. The van der Waals surface area contributed by atoms with E-state index in [1.54, 1.807) is 36.6 Å². The minimum atomic E-state index is -0.366. The van der Waals surface area contributed by atoms with Crippen LogP contribution in [-0.4, -0.2) is 29.7 Å². The summed E-state index contributed by atoms with van der Waals surface area (Å²) in [5.74, 6) is 0.684. The molecule has 8 heteroatoms. The number of amides is 1. The molecule has 2 N–H and O–H groups in total. The fourth-order valence-electron chi connectivity index (χ4n) is 3.06. The van der Waals surface area contributed by atoms with Gasteiger partial charge < -0.3 is 14.8 Å². The molecule has 0 fully saturated rings. The van der Waals surface area contributed by atoms with Crippen LogP contribution in [0.25, 0.3) is 20.8 Å². The van der Waals surface area contributed by atoms with Crippen molar-refractivity contribution in [3.63, 3.8) is 0 Å². The SMILES string of the molecule is COc1ccccc1OCC(=O)NC(=S)Nc1ccc(-c2nc3ccc(C)cc3s2)cc1. The number of aromatic nitrogens is 1. The lowest BCUT2D eigenvalue weighted by atomic mass is 10.2. The van der Waals surface area contributed by atoms with Crippen molar-refractivity contribution in [2.75, 3.05) is 19.0 Å². The first kappa shape index (κ1) is 21.7. The van der Waals surface area contributed by atoms with E-state index in [-0.39, 0.29) is 17.6 Å². The second-order valence-electron chi connectivity index (χ2n) is 7.01. The highest BCUT2D eigenvalue weighted by Crippen LogP contribution is 2.31. The molecule has 0 saturated carbocycles. The summed E-state index contributed by atoms with van der Waals surface area (Å²) >= 11 is 6.90. The van der Waals surface area contributed by atoms with Crippen molar-refractivity contribution in [3.05, 3.63) is 72.3 Å². The van der Waals surface area contributed by atoms with Gasteiger partial charge in [-0.05, 0) is 73.2 Å². The summed E-state index contributed by atoms with van der Waals surface area (Å²) in [4.78, 5) is 16.9. The highest BCUT2D eigenvalue weighted by Gasteiger charge is 2.10. The highest BCUT2D eigenvalue weighted by molar-refractivity contribution is 7.80. The Bertz CT molecular complexity index is 1270. The number of carbonyl (C=O) groups excluding carboxylic acids is 1. The van der Waals surface area contributed by atoms with Gasteiger partial charge in [0, 0.05) is 11.3 Å². The zero-order valence-electron chi connectivity index (χ0n) is 17.5. The zero-order chi connectivity index (χ0) is 22.5. The Labute approximate surface area is 195 Å². The Morgan fingerprint density at radius 2 is 1.81 bits per heavy atom. The molecule has 1 aromatic heterocycles. The molecule has 162 valence electrons. The van der Waals surface area contributed by atoms with Crippen molar-refractivity contribution in [1.82, 2.24) is 10.3 Å². The molecule has 0 radical (unpaired) electrons. The van der Waals surface area contributed by atoms with Crippen LogP contribution in [0.1, 0.15) is 5.56 Å². The highest BCUT2D eigenvalue weighted by atomic mass is 32.1. The number of hydrogen-bond donors (Lipinski definition) is 2. The number of para-hydroxylation sites is 2. The first-order valence-corrected chi connectivity index (χ1v) is 11.1. The quantitative estimate of drug-likeness (QED) is 0.384. The second kappa shape index (κ2) is 9.76. The van der Waals surface area contributed by atoms with Gasteiger partial charge >= 0.3 is 0 Å². The van der Waals surface area contributed by atoms with Crippen LogP contribution in [0, 0.1) is 6.92 Å². The molecule has 4 aromatic rings. The number of benzene rings is 3. The normalized spacial score (nSPS) is 10.6. The van der Waals surface area contributed by atoms with Crippen LogP contribution >= 0.6 is 23.6 Å². The molecule has 3 aromatic carbocycles. The van der Waals surface area contributed by atoms with Gasteiger partial charge in [0.25, 0.3) is 5.91 Å². The van der Waals surface area contributed by atoms with Crippen molar-refractivity contribution < 1.29 is 14.3 Å². The monoisotopic (exact) mass is 463 g/mol. The van der Waals surface area contributed by atoms with Crippen LogP contribution in [-0.2, 0) is 4.79 Å². The maximum Gasteiger partial charge on any atom is 0.264 e. The van der Waals surface area contributed by atoms with Crippen LogP contribution in [0.3, 0.4) is 0 Å². The number of methoxy groups -OCH3 is 1. The van der Waals surface area contributed by atoms with Crippen LogP contribution in [0.5, 0.6) is 11.5 Å². The van der Waals surface area contributed by atoms with Crippen molar-refractivity contribution in [1.29, 1.82) is 0 Å². The summed E-state index contributed by atoms with van der Waals surface area (Å²) < 4.78 is 11.9. The summed E-state index contributed by atoms with van der Waals surface area (Å²) in [5, 5.41) is 6.78. The molecule has 0 aliphatic heterocycles. The Balaban J connectivity index is 1.32. The van der Waals surface area contributed by atoms with E-state index in [1.165, 1.54) is 10.3 Å². The van der Waals surface area contributed by atoms with Gasteiger partial charge in [-0.1, -0.05) is 18.2 Å². The van der Waals surface area contributed by atoms with Gasteiger partial charge in [-0.2, -0.15) is 0 Å². The summed E-state index contributed by atoms with van der Waals surface area (Å²) in [6, 6.07) is 21.1. The Kier molecular flexibility index (Phi) is 6.63. The minimum Gasteiger partial charge on any atom is -0.493 e. The fourth-order valence-corrected chi connectivity index (χ4v) is 4.36. The van der Waals surface area contributed by atoms with Crippen LogP contribution in [0.4, 0.5) is 5.69 Å². The minimum absolute atomic E-state index is 0.182. The molecule has 0 unspecified atom stereocenters. The Morgan fingerprint density at radius 1 is 1.06 bits per heavy atom. The molecule has 0 aliphatic rings. The number of fused-ring (bicyclic) bond motifs is 1. The summed E-state index contributed by atoms with van der Waals surface area (Å²) in [5.41, 5.74) is 4.00. The number of aryl methyl sites for hydroxylation is 1. The van der Waals surface area contributed by atoms with E-state index in [1.807, 2.05) is 36.4 Å². The number of rotatable bonds is 6. The smallest absolute Gasteiger partial charge is 0.264 e. The second-order valence-corrected chi connectivity index (χ2v) is 8.45. The van der Waals surface area contributed by atoms with E-state index >= 15 is 0 Å². The van der Waals surface area contributed by atoms with Crippen molar-refractivity contribution >= 4 is 50.5 Å². The molecule has 0 saturated heterocycles. The molecule has 0 spiro atoms. The van der Waals surface area contributed by atoms with Crippen molar-refractivity contribution in [3.8, 4) is 22.1 Å². The lowest BCUT2D eigenvalue weighted by molar-refractivity contribution is -0.121. The number of anilines is 1. The molecule has 1 heterocycles. The maximum atomic E-state index is 12.2. The third-order valence-corrected chi connectivity index (χ3v) is 5.89. The van der Waals surface area contributed by atoms with Gasteiger partial charge in [0.05, 0.1) is 17.3 Å². The van der Waals surface area contributed by atoms with Gasteiger partial charge in [0.1, 0.15) is 5.01 Å². The predicted molar refractivity (Wildman–Crippen MR) is 133 cm³/mol. The van der Waals surface area contributed by atoms with Crippen LogP contribution in [0.15, 0.2) is 66.7 Å². The molecule has 0 bridgehead atoms. The lowest BCUT2D eigenvalue weighted by Crippen LogP contribution is -2.37. The van der Waals surface area contributed by atoms with Gasteiger partial charge in [-0.25, -0.2) is 4.98 Å². The number of thiazole rings is 1. The first-order chi connectivity index (χ1) is 15.5. The van der Waals surface area contributed by atoms with Crippen LogP contribution in [0.2, 0.25) is 0 Å². The molecule has 0 atom stereocenters. The number of ether oxygens (including phenoxy) is 2. The maximum absolute atomic E-state index is 12.2. The third-order valence-electron chi connectivity index (χ3n) is 4.61. The molecule has 1 amide bonds. The van der Waals surface area contributed by atoms with Gasteiger partial charge in [0.15, 0.2) is 23.2 Å². The predicted octanol–water partition coefficient (Wildman–Crippen LogP) is 5.17. The van der Waals surface area contributed by atoms with E-state index in [0.29, 0.717) is 11.5 Å². The average Bonchev–Trinajstić information content (AvgIpc) is 3.21. The lowest BCUT2D eigenvalue weighted by Gasteiger charge is -2.12. The van der Waals surface area contributed by atoms with Gasteiger partial charge in [0.2, 0.25) is 0 Å². The van der Waals surface area contributed by atoms with E-state index in [2.05, 4.69) is 29.7 Å². The third kappa shape index (κ3) is 5.22. The fraction of sp³-hybridized carbons (Fsp3) is 0.125. The first-order valence-electron chi connectivity index (χ1n) is 9.86. The Hall–Kier alpha value is -3.49. The molecule has 0 aliphatic carbocycles. The summed E-state index contributed by atoms with van der Waals surface area (Å²) in [6.07, 6.45) is 0. The molecular weight excluding hydrogens is 442 g/mol. The number of nitrogens with one attached hydrogen (secondary N) is 2. The molecule has 4 rings (SSSR count). The van der Waals surface area contributed by atoms with E-state index < -0.39 is 0 Å². The zero-order valence-corrected chi connectivity index (χ0v) is 19.2. The standard InChI is InChI=1S/C24H21N3O3S2/c1-15-7-12-18-21(13-15)32-23(26-18)16-8-10-17(11-9-16)25-24(31)27-22(28)14-30-20-6-4-3-5-19(20)29-2/h3-13H,14H2,1-2H3,(H2,25,27,28,31). The van der Waals surface area contributed by atoms with E-state index in [4.69, 9.17) is 26.7 Å².